The molecule has 5 rings (SSSR count). The number of hydrogen-bond donors (Lipinski definition) is 0. The third kappa shape index (κ3) is 3.51. The van der Waals surface area contributed by atoms with Gasteiger partial charge in [-0.05, 0) is 57.2 Å². The fourth-order valence-electron chi connectivity index (χ4n) is 4.51. The third-order valence-electron chi connectivity index (χ3n) is 6.28. The summed E-state index contributed by atoms with van der Waals surface area (Å²) in [5.74, 6) is 2.68. The summed E-state index contributed by atoms with van der Waals surface area (Å²) >= 11 is 0. The number of rotatable bonds is 2. The summed E-state index contributed by atoms with van der Waals surface area (Å²) < 4.78 is 2.27. The molecule has 29 heavy (non-hydrogen) atoms. The van der Waals surface area contributed by atoms with Crippen molar-refractivity contribution in [2.75, 3.05) is 33.2 Å². The van der Waals surface area contributed by atoms with Crippen molar-refractivity contribution in [2.45, 2.75) is 31.7 Å². The van der Waals surface area contributed by atoms with E-state index >= 15 is 0 Å². The quantitative estimate of drug-likeness (QED) is 0.672. The van der Waals surface area contributed by atoms with Crippen LogP contribution in [0, 0.1) is 0 Å². The summed E-state index contributed by atoms with van der Waals surface area (Å²) in [6, 6.07) is 9.65. The molecule has 4 heterocycles. The van der Waals surface area contributed by atoms with E-state index in [0.29, 0.717) is 19.0 Å². The number of carbonyl (C=O) groups excluding carboxylic acids is 1. The highest BCUT2D eigenvalue weighted by molar-refractivity contribution is 5.97. The summed E-state index contributed by atoms with van der Waals surface area (Å²) in [6.45, 7) is 4.34. The molecule has 3 aromatic rings. The average Bonchev–Trinajstić information content (AvgIpc) is 3.04. The van der Waals surface area contributed by atoms with Crippen LogP contribution >= 0.6 is 0 Å². The lowest BCUT2D eigenvalue weighted by atomic mass is 9.96. The molecule has 0 bridgehead atoms. The number of fused-ring (bicyclic) bond motifs is 2. The highest BCUT2D eigenvalue weighted by Crippen LogP contribution is 2.27. The monoisotopic (exact) mass is 390 g/mol. The molecular weight excluding hydrogens is 364 g/mol. The second-order valence-electron chi connectivity index (χ2n) is 8.16. The Balaban J connectivity index is 1.33. The normalized spacial score (nSPS) is 18.6. The molecule has 0 aliphatic carbocycles. The summed E-state index contributed by atoms with van der Waals surface area (Å²) in [5.41, 5.74) is 1.63. The summed E-state index contributed by atoms with van der Waals surface area (Å²) in [7, 11) is 2.17. The molecule has 7 nitrogen and oxygen atoms in total. The maximum absolute atomic E-state index is 13.1. The highest BCUT2D eigenvalue weighted by atomic mass is 16.2. The van der Waals surface area contributed by atoms with Crippen molar-refractivity contribution >= 4 is 16.8 Å². The molecule has 1 aromatic carbocycles. The van der Waals surface area contributed by atoms with Gasteiger partial charge in [0.25, 0.3) is 5.91 Å². The minimum atomic E-state index is 0.0790. The van der Waals surface area contributed by atoms with Crippen LogP contribution in [0.15, 0.2) is 36.5 Å². The Kier molecular flexibility index (Phi) is 4.75. The van der Waals surface area contributed by atoms with E-state index in [0.717, 1.165) is 67.0 Å². The molecule has 2 aromatic heterocycles. The SMILES string of the molecule is CN1CCC(c2nnc3n2CCN(C(=O)c2ccc4ncccc4c2)CC3)CC1. The first-order valence-electron chi connectivity index (χ1n) is 10.4. The van der Waals surface area contributed by atoms with Crippen LogP contribution in [0.4, 0.5) is 0 Å². The minimum absolute atomic E-state index is 0.0790. The minimum Gasteiger partial charge on any atom is -0.336 e. The van der Waals surface area contributed by atoms with Gasteiger partial charge in [0, 0.05) is 49.1 Å². The van der Waals surface area contributed by atoms with Crippen LogP contribution in [0.3, 0.4) is 0 Å². The van der Waals surface area contributed by atoms with Gasteiger partial charge in [-0.2, -0.15) is 0 Å². The lowest BCUT2D eigenvalue weighted by molar-refractivity contribution is 0.0758. The smallest absolute Gasteiger partial charge is 0.253 e. The van der Waals surface area contributed by atoms with Gasteiger partial charge >= 0.3 is 0 Å². The lowest BCUT2D eigenvalue weighted by Crippen LogP contribution is -2.34. The molecule has 0 atom stereocenters. The topological polar surface area (TPSA) is 67.2 Å². The Bertz CT molecular complexity index is 1040. The van der Waals surface area contributed by atoms with Crippen LogP contribution in [0.5, 0.6) is 0 Å². The van der Waals surface area contributed by atoms with Crippen molar-refractivity contribution < 1.29 is 4.79 Å². The Labute approximate surface area is 170 Å². The van der Waals surface area contributed by atoms with Crippen LogP contribution < -0.4 is 0 Å². The molecule has 0 radical (unpaired) electrons. The van der Waals surface area contributed by atoms with Gasteiger partial charge in [0.2, 0.25) is 0 Å². The van der Waals surface area contributed by atoms with Gasteiger partial charge in [-0.1, -0.05) is 6.07 Å². The van der Waals surface area contributed by atoms with Crippen LogP contribution in [-0.4, -0.2) is 68.7 Å². The Morgan fingerprint density at radius 2 is 1.90 bits per heavy atom. The standard InChI is InChI=1S/C22H26N6O/c1-26-10-6-16(7-11-26)21-25-24-20-8-12-27(13-14-28(20)21)22(29)18-4-5-19-17(15-18)3-2-9-23-19/h2-5,9,15-16H,6-8,10-14H2,1H3. The van der Waals surface area contributed by atoms with Crippen molar-refractivity contribution in [2.24, 2.45) is 0 Å². The molecule has 1 saturated heterocycles. The molecule has 7 heteroatoms. The second-order valence-corrected chi connectivity index (χ2v) is 8.16. The summed E-state index contributed by atoms with van der Waals surface area (Å²) in [4.78, 5) is 21.8. The lowest BCUT2D eigenvalue weighted by Gasteiger charge is -2.28. The Morgan fingerprint density at radius 1 is 1.03 bits per heavy atom. The number of pyridine rings is 1. The van der Waals surface area contributed by atoms with Crippen LogP contribution in [0.1, 0.15) is 40.8 Å². The van der Waals surface area contributed by atoms with Gasteiger partial charge in [0.15, 0.2) is 0 Å². The zero-order chi connectivity index (χ0) is 19.8. The number of benzene rings is 1. The number of likely N-dealkylation sites (tertiary alicyclic amines) is 1. The summed E-state index contributed by atoms with van der Waals surface area (Å²) in [6.07, 6.45) is 4.78. The molecule has 2 aliphatic rings. The van der Waals surface area contributed by atoms with Gasteiger partial charge in [-0.15, -0.1) is 10.2 Å². The maximum atomic E-state index is 13.1. The average molecular weight is 390 g/mol. The van der Waals surface area contributed by atoms with Crippen molar-refractivity contribution in [3.8, 4) is 0 Å². The zero-order valence-corrected chi connectivity index (χ0v) is 16.8. The van der Waals surface area contributed by atoms with E-state index in [1.54, 1.807) is 6.20 Å². The fourth-order valence-corrected chi connectivity index (χ4v) is 4.51. The van der Waals surface area contributed by atoms with Crippen molar-refractivity contribution in [1.82, 2.24) is 29.5 Å². The van der Waals surface area contributed by atoms with E-state index in [1.165, 1.54) is 0 Å². The number of piperidine rings is 1. The number of hydrogen-bond acceptors (Lipinski definition) is 5. The molecular formula is C22H26N6O. The Morgan fingerprint density at radius 3 is 2.76 bits per heavy atom. The molecule has 150 valence electrons. The van der Waals surface area contributed by atoms with Crippen molar-refractivity contribution in [1.29, 1.82) is 0 Å². The summed E-state index contributed by atoms with van der Waals surface area (Å²) in [5, 5.41) is 10.0. The van der Waals surface area contributed by atoms with E-state index in [1.807, 2.05) is 35.2 Å². The van der Waals surface area contributed by atoms with Crippen LogP contribution in [-0.2, 0) is 13.0 Å². The molecule has 0 saturated carbocycles. The third-order valence-corrected chi connectivity index (χ3v) is 6.28. The van der Waals surface area contributed by atoms with Crippen molar-refractivity contribution in [3.63, 3.8) is 0 Å². The first kappa shape index (κ1) is 18.2. The van der Waals surface area contributed by atoms with Gasteiger partial charge < -0.3 is 14.4 Å². The molecule has 0 N–H and O–H groups in total. The van der Waals surface area contributed by atoms with Gasteiger partial charge in [0.05, 0.1) is 5.52 Å². The highest BCUT2D eigenvalue weighted by Gasteiger charge is 2.27. The fraction of sp³-hybridized carbons (Fsp3) is 0.455. The first-order valence-corrected chi connectivity index (χ1v) is 10.4. The van der Waals surface area contributed by atoms with Crippen LogP contribution in [0.25, 0.3) is 10.9 Å². The number of aromatic nitrogens is 4. The van der Waals surface area contributed by atoms with Gasteiger partial charge in [0.1, 0.15) is 11.6 Å². The van der Waals surface area contributed by atoms with Gasteiger partial charge in [-0.3, -0.25) is 9.78 Å². The first-order chi connectivity index (χ1) is 14.2. The number of carbonyl (C=O) groups is 1. The van der Waals surface area contributed by atoms with E-state index in [-0.39, 0.29) is 5.91 Å². The number of amides is 1. The van der Waals surface area contributed by atoms with Crippen molar-refractivity contribution in [3.05, 3.63) is 53.7 Å². The molecule has 0 spiro atoms. The van der Waals surface area contributed by atoms with E-state index < -0.39 is 0 Å². The predicted molar refractivity (Wildman–Crippen MR) is 111 cm³/mol. The maximum Gasteiger partial charge on any atom is 0.253 e. The largest absolute Gasteiger partial charge is 0.336 e. The van der Waals surface area contributed by atoms with E-state index in [9.17, 15) is 4.79 Å². The molecule has 0 unspecified atom stereocenters. The number of nitrogens with zero attached hydrogens (tertiary/aromatic N) is 6. The predicted octanol–water partition coefficient (Wildman–Crippen LogP) is 2.33. The molecule has 1 amide bonds. The van der Waals surface area contributed by atoms with E-state index in [2.05, 4.69) is 31.7 Å². The zero-order valence-electron chi connectivity index (χ0n) is 16.8. The van der Waals surface area contributed by atoms with Crippen LogP contribution in [0.2, 0.25) is 0 Å². The second kappa shape index (κ2) is 7.55. The molecule has 1 fully saturated rings. The van der Waals surface area contributed by atoms with E-state index in [4.69, 9.17) is 0 Å². The van der Waals surface area contributed by atoms with Gasteiger partial charge in [-0.25, -0.2) is 0 Å². The molecule has 2 aliphatic heterocycles. The Hall–Kier alpha value is -2.80.